The number of hydrogen-bond donors (Lipinski definition) is 5. The number of piperidine rings is 1. The number of para-hydroxylation sites is 1. The number of rotatable bonds is 9. The van der Waals surface area contributed by atoms with Crippen LogP contribution in [0.15, 0.2) is 40.4 Å². The minimum Gasteiger partial charge on any atom is -0.480 e. The van der Waals surface area contributed by atoms with Gasteiger partial charge in [0.05, 0.1) is 5.52 Å². The number of carbonyl (C=O) groups excluding carboxylic acids is 1. The number of carboxylic acids is 1. The Morgan fingerprint density at radius 2 is 2.08 bits per heavy atom. The number of carboxylic acid groups (broad SMARTS) is 1. The maximum absolute atomic E-state index is 13.7. The Morgan fingerprint density at radius 1 is 1.35 bits per heavy atom. The number of nitrogens with two attached hydrogens (primary N) is 2. The summed E-state index contributed by atoms with van der Waals surface area (Å²) < 4.78 is 29.6. The maximum Gasteiger partial charge on any atom is 0.326 e. The number of aromatic nitrogens is 1. The molecule has 1 saturated heterocycles. The zero-order valence-electron chi connectivity index (χ0n) is 21.3. The highest BCUT2D eigenvalue weighted by Gasteiger charge is 2.42. The standard InChI is InChI=1S/C24H35N7O5S/c1-15-12-16-6-4-8-19(20(16)28-14-15)37(35,36)30-17(7-5-10-27-23(25)29-26)21(32)31-11-9-24(2,3)13-18(31)22(33)34/h4,6,8,12,14,17-18,30H,5,7,9-11,13,26H2,1-3H3,(H,33,34)(H3,25,27,29)/t17-,18+/m0/s1. The Balaban J connectivity index is 1.93. The molecule has 202 valence electrons. The molecule has 2 atom stereocenters. The van der Waals surface area contributed by atoms with Gasteiger partial charge in [-0.15, -0.1) is 0 Å². The van der Waals surface area contributed by atoms with E-state index in [1.54, 1.807) is 18.3 Å². The van der Waals surface area contributed by atoms with Crippen LogP contribution in [0.2, 0.25) is 0 Å². The highest BCUT2D eigenvalue weighted by atomic mass is 32.2. The van der Waals surface area contributed by atoms with Crippen LogP contribution in [0.1, 0.15) is 45.1 Å². The topological polar surface area (TPSA) is 193 Å². The van der Waals surface area contributed by atoms with E-state index in [2.05, 4.69) is 20.1 Å². The molecular weight excluding hydrogens is 498 g/mol. The normalized spacial score (nSPS) is 19.0. The Kier molecular flexibility index (Phi) is 8.72. The number of hydrogen-bond acceptors (Lipinski definition) is 7. The van der Waals surface area contributed by atoms with Crippen LogP contribution in [0.3, 0.4) is 0 Å². The highest BCUT2D eigenvalue weighted by molar-refractivity contribution is 7.89. The lowest BCUT2D eigenvalue weighted by atomic mass is 9.78. The number of hydrazine groups is 1. The Bertz CT molecular complexity index is 1300. The van der Waals surface area contributed by atoms with Crippen molar-refractivity contribution in [1.82, 2.24) is 20.0 Å². The van der Waals surface area contributed by atoms with Gasteiger partial charge in [0, 0.05) is 24.7 Å². The summed E-state index contributed by atoms with van der Waals surface area (Å²) in [5.41, 5.74) is 8.64. The second-order valence-corrected chi connectivity index (χ2v) is 11.8. The molecule has 1 aromatic heterocycles. The van der Waals surface area contributed by atoms with Gasteiger partial charge in [-0.25, -0.2) is 19.1 Å². The predicted octanol–water partition coefficient (Wildman–Crippen LogP) is 0.850. The van der Waals surface area contributed by atoms with E-state index in [1.165, 1.54) is 11.0 Å². The fourth-order valence-corrected chi connectivity index (χ4v) is 5.89. The third-order valence-corrected chi connectivity index (χ3v) is 8.00. The third kappa shape index (κ3) is 6.93. The summed E-state index contributed by atoms with van der Waals surface area (Å²) in [4.78, 5) is 35.2. The molecule has 37 heavy (non-hydrogen) atoms. The van der Waals surface area contributed by atoms with Crippen LogP contribution >= 0.6 is 0 Å². The predicted molar refractivity (Wildman–Crippen MR) is 140 cm³/mol. The number of likely N-dealkylation sites (tertiary alicyclic amines) is 1. The number of nitrogens with one attached hydrogen (secondary N) is 2. The molecule has 0 radical (unpaired) electrons. The summed E-state index contributed by atoms with van der Waals surface area (Å²) in [5.74, 6) is 3.50. The second kappa shape index (κ2) is 11.4. The molecule has 13 heteroatoms. The number of amides is 1. The summed E-state index contributed by atoms with van der Waals surface area (Å²) in [5, 5.41) is 10.5. The van der Waals surface area contributed by atoms with Crippen molar-refractivity contribution in [1.29, 1.82) is 0 Å². The van der Waals surface area contributed by atoms with Crippen molar-refractivity contribution in [3.05, 3.63) is 36.0 Å². The van der Waals surface area contributed by atoms with Crippen molar-refractivity contribution in [2.45, 2.75) is 63.4 Å². The SMILES string of the molecule is Cc1cnc2c(S(=O)(=O)N[C@@H](CCCN=C(N)NN)C(=O)N3CCC(C)(C)C[C@@H]3C(=O)O)cccc2c1. The van der Waals surface area contributed by atoms with Gasteiger partial charge in [-0.1, -0.05) is 26.0 Å². The molecule has 0 spiro atoms. The Hall–Kier alpha value is -3.29. The van der Waals surface area contributed by atoms with Crippen LogP contribution in [0.25, 0.3) is 10.9 Å². The molecule has 0 saturated carbocycles. The van der Waals surface area contributed by atoms with E-state index < -0.39 is 34.0 Å². The zero-order valence-corrected chi connectivity index (χ0v) is 22.1. The van der Waals surface area contributed by atoms with Gasteiger partial charge < -0.3 is 15.7 Å². The first kappa shape index (κ1) is 28.3. The first-order chi connectivity index (χ1) is 17.3. The molecule has 0 unspecified atom stereocenters. The molecule has 3 rings (SSSR count). The third-order valence-electron chi connectivity index (χ3n) is 6.50. The lowest BCUT2D eigenvalue weighted by Gasteiger charge is -2.42. The monoisotopic (exact) mass is 533 g/mol. The fourth-order valence-electron chi connectivity index (χ4n) is 4.48. The van der Waals surface area contributed by atoms with Gasteiger partial charge in [-0.05, 0) is 55.7 Å². The molecule has 1 aromatic carbocycles. The minimum atomic E-state index is -4.20. The van der Waals surface area contributed by atoms with E-state index in [1.807, 2.05) is 26.8 Å². The van der Waals surface area contributed by atoms with Gasteiger partial charge in [0.2, 0.25) is 21.9 Å². The number of aliphatic carboxylic acids is 1. The summed E-state index contributed by atoms with van der Waals surface area (Å²) in [6, 6.07) is 4.36. The first-order valence-electron chi connectivity index (χ1n) is 12.0. The summed E-state index contributed by atoms with van der Waals surface area (Å²) in [7, 11) is -4.20. The van der Waals surface area contributed by atoms with E-state index in [4.69, 9.17) is 11.6 Å². The number of aryl methyl sites for hydroxylation is 1. The van der Waals surface area contributed by atoms with Crippen LogP contribution in [0, 0.1) is 12.3 Å². The van der Waals surface area contributed by atoms with E-state index in [9.17, 15) is 23.1 Å². The molecule has 1 aliphatic rings. The zero-order chi connectivity index (χ0) is 27.4. The van der Waals surface area contributed by atoms with Crippen molar-refractivity contribution in [2.75, 3.05) is 13.1 Å². The largest absolute Gasteiger partial charge is 0.480 e. The van der Waals surface area contributed by atoms with Crippen LogP contribution in [0.5, 0.6) is 0 Å². The van der Waals surface area contributed by atoms with Crippen LogP contribution in [-0.2, 0) is 19.6 Å². The molecule has 1 aliphatic heterocycles. The van der Waals surface area contributed by atoms with Crippen molar-refractivity contribution in [3.63, 3.8) is 0 Å². The molecule has 2 aromatic rings. The number of benzene rings is 1. The molecule has 1 amide bonds. The highest BCUT2D eigenvalue weighted by Crippen LogP contribution is 2.34. The van der Waals surface area contributed by atoms with Crippen molar-refractivity contribution < 1.29 is 23.1 Å². The summed E-state index contributed by atoms with van der Waals surface area (Å²) in [6.45, 7) is 6.15. The van der Waals surface area contributed by atoms with Gasteiger partial charge >= 0.3 is 5.97 Å². The molecular formula is C24H35N7O5S. The summed E-state index contributed by atoms with van der Waals surface area (Å²) in [6.07, 6.45) is 2.81. The number of nitrogens with zero attached hydrogens (tertiary/aromatic N) is 3. The smallest absolute Gasteiger partial charge is 0.326 e. The van der Waals surface area contributed by atoms with Gasteiger partial charge in [0.15, 0.2) is 0 Å². The lowest BCUT2D eigenvalue weighted by Crippen LogP contribution is -2.57. The first-order valence-corrected chi connectivity index (χ1v) is 13.5. The Labute approximate surface area is 216 Å². The average molecular weight is 534 g/mol. The van der Waals surface area contributed by atoms with Crippen molar-refractivity contribution in [2.24, 2.45) is 22.0 Å². The average Bonchev–Trinajstić information content (AvgIpc) is 2.84. The van der Waals surface area contributed by atoms with E-state index in [-0.39, 0.29) is 47.7 Å². The van der Waals surface area contributed by atoms with Crippen LogP contribution in [0.4, 0.5) is 0 Å². The molecule has 12 nitrogen and oxygen atoms in total. The maximum atomic E-state index is 13.7. The number of aliphatic imine (C=N–C) groups is 1. The number of carbonyl (C=O) groups is 2. The number of pyridine rings is 1. The van der Waals surface area contributed by atoms with Gasteiger partial charge in [0.1, 0.15) is 17.0 Å². The fraction of sp³-hybridized carbons (Fsp3) is 0.500. The van der Waals surface area contributed by atoms with Crippen molar-refractivity contribution in [3.8, 4) is 0 Å². The number of sulfonamides is 1. The quantitative estimate of drug-likeness (QED) is 0.102. The van der Waals surface area contributed by atoms with E-state index in [0.29, 0.717) is 18.2 Å². The lowest BCUT2D eigenvalue weighted by molar-refractivity contribution is -0.155. The van der Waals surface area contributed by atoms with Crippen molar-refractivity contribution >= 4 is 38.8 Å². The second-order valence-electron chi connectivity index (χ2n) is 10.1. The van der Waals surface area contributed by atoms with E-state index >= 15 is 0 Å². The van der Waals surface area contributed by atoms with Gasteiger partial charge in [-0.2, -0.15) is 4.72 Å². The number of fused-ring (bicyclic) bond motifs is 1. The van der Waals surface area contributed by atoms with E-state index in [0.717, 1.165) is 5.56 Å². The summed E-state index contributed by atoms with van der Waals surface area (Å²) >= 11 is 0. The minimum absolute atomic E-state index is 0.00443. The molecule has 0 aliphatic carbocycles. The molecule has 0 bridgehead atoms. The van der Waals surface area contributed by atoms with Gasteiger partial charge in [-0.3, -0.25) is 20.2 Å². The molecule has 7 N–H and O–H groups in total. The Morgan fingerprint density at radius 3 is 2.76 bits per heavy atom. The molecule has 2 heterocycles. The van der Waals surface area contributed by atoms with Gasteiger partial charge in [0.25, 0.3) is 0 Å². The van der Waals surface area contributed by atoms with Crippen LogP contribution < -0.4 is 21.7 Å². The molecule has 1 fully saturated rings. The van der Waals surface area contributed by atoms with Crippen LogP contribution in [-0.4, -0.2) is 66.4 Å². The number of guanidine groups is 1.